The summed E-state index contributed by atoms with van der Waals surface area (Å²) < 4.78 is 11.7. The Balaban J connectivity index is 1.43. The van der Waals surface area contributed by atoms with Gasteiger partial charge in [0.15, 0.2) is 5.92 Å². The van der Waals surface area contributed by atoms with Crippen LogP contribution in [0.4, 0.5) is 0 Å². The third-order valence-electron chi connectivity index (χ3n) is 7.80. The van der Waals surface area contributed by atoms with Crippen molar-refractivity contribution < 1.29 is 19.1 Å². The lowest BCUT2D eigenvalue weighted by atomic mass is 9.82. The molecule has 0 aliphatic rings. The van der Waals surface area contributed by atoms with E-state index in [-0.39, 0.29) is 13.2 Å². The summed E-state index contributed by atoms with van der Waals surface area (Å²) in [5.41, 5.74) is 3.51. The molecule has 0 amide bonds. The number of ether oxygens (including phenoxy) is 2. The Kier molecular flexibility index (Phi) is 8.89. The summed E-state index contributed by atoms with van der Waals surface area (Å²) >= 11 is 0. The molecule has 0 saturated heterocycles. The van der Waals surface area contributed by atoms with Crippen molar-refractivity contribution in [2.75, 3.05) is 0 Å². The van der Waals surface area contributed by atoms with Crippen LogP contribution < -0.4 is 0 Å². The van der Waals surface area contributed by atoms with E-state index in [4.69, 9.17) is 9.47 Å². The first kappa shape index (κ1) is 28.6. The minimum absolute atomic E-state index is 0.0530. The molecule has 0 bridgehead atoms. The molecule has 0 spiro atoms. The van der Waals surface area contributed by atoms with Gasteiger partial charge in [-0.3, -0.25) is 9.59 Å². The number of rotatable bonds is 10. The summed E-state index contributed by atoms with van der Waals surface area (Å²) in [4.78, 5) is 28.0. The van der Waals surface area contributed by atoms with Gasteiger partial charge >= 0.3 is 11.9 Å². The van der Waals surface area contributed by atoms with E-state index >= 15 is 0 Å². The van der Waals surface area contributed by atoms with Gasteiger partial charge in [-0.1, -0.05) is 158 Å². The van der Waals surface area contributed by atoms with Gasteiger partial charge in [-0.2, -0.15) is 0 Å². The average molecular weight is 577 g/mol. The Labute approximate surface area is 257 Å². The van der Waals surface area contributed by atoms with Crippen LogP contribution >= 0.6 is 0 Å². The molecule has 44 heavy (non-hydrogen) atoms. The third kappa shape index (κ3) is 6.61. The minimum atomic E-state index is -1.24. The summed E-state index contributed by atoms with van der Waals surface area (Å²) in [6, 6.07) is 47.1. The topological polar surface area (TPSA) is 52.6 Å². The van der Waals surface area contributed by atoms with Crippen molar-refractivity contribution in [3.63, 3.8) is 0 Å². The number of hydrogen-bond acceptors (Lipinski definition) is 4. The maximum absolute atomic E-state index is 14.0. The Morgan fingerprint density at radius 1 is 0.523 bits per heavy atom. The SMILES string of the molecule is O=C(OCc1ccccc1)C(C(=O)OCc1ccccc1)[C@H](/C=C/c1cccc2ccccc12)c1cccc2ccccc12. The van der Waals surface area contributed by atoms with E-state index in [2.05, 4.69) is 18.2 Å². The number of esters is 2. The van der Waals surface area contributed by atoms with Crippen LogP contribution in [0, 0.1) is 5.92 Å². The van der Waals surface area contributed by atoms with Gasteiger partial charge < -0.3 is 9.47 Å². The molecule has 0 N–H and O–H groups in total. The number of hydrogen-bond donors (Lipinski definition) is 0. The molecule has 0 saturated carbocycles. The van der Waals surface area contributed by atoms with Crippen LogP contribution in [0.15, 0.2) is 152 Å². The van der Waals surface area contributed by atoms with Crippen LogP contribution in [0.1, 0.15) is 28.2 Å². The van der Waals surface area contributed by atoms with Gasteiger partial charge in [-0.25, -0.2) is 0 Å². The van der Waals surface area contributed by atoms with Gasteiger partial charge in [0.25, 0.3) is 0 Å². The zero-order chi connectivity index (χ0) is 30.1. The first-order valence-corrected chi connectivity index (χ1v) is 14.7. The van der Waals surface area contributed by atoms with Crippen molar-refractivity contribution in [1.82, 2.24) is 0 Å². The standard InChI is InChI=1S/C40H32O4/c41-39(43-27-29-13-3-1-4-14-29)38(40(42)44-28-30-15-5-2-6-16-30)37(36-24-12-21-32-18-8-10-23-35(32)36)26-25-33-20-11-19-31-17-7-9-22-34(31)33/h1-26,37-38H,27-28H2/b26-25+/t37-/m1/s1. The van der Waals surface area contributed by atoms with Crippen molar-refractivity contribution in [2.24, 2.45) is 5.92 Å². The van der Waals surface area contributed by atoms with Crippen LogP contribution in [-0.2, 0) is 32.3 Å². The van der Waals surface area contributed by atoms with Crippen LogP contribution in [0.2, 0.25) is 0 Å². The zero-order valence-electron chi connectivity index (χ0n) is 24.2. The lowest BCUT2D eigenvalue weighted by Gasteiger charge is -2.24. The predicted molar refractivity (Wildman–Crippen MR) is 176 cm³/mol. The Morgan fingerprint density at radius 3 is 1.61 bits per heavy atom. The summed E-state index contributed by atoms with van der Waals surface area (Å²) in [7, 11) is 0. The highest BCUT2D eigenvalue weighted by Crippen LogP contribution is 2.35. The lowest BCUT2D eigenvalue weighted by Crippen LogP contribution is -2.33. The third-order valence-corrected chi connectivity index (χ3v) is 7.80. The highest BCUT2D eigenvalue weighted by Gasteiger charge is 2.38. The molecule has 0 aromatic heterocycles. The highest BCUT2D eigenvalue weighted by molar-refractivity contribution is 5.98. The average Bonchev–Trinajstić information content (AvgIpc) is 3.08. The number of allylic oxidation sites excluding steroid dienone is 1. The van der Waals surface area contributed by atoms with Crippen LogP contribution in [-0.4, -0.2) is 11.9 Å². The quantitative estimate of drug-likeness (QED) is 0.121. The van der Waals surface area contributed by atoms with Crippen molar-refractivity contribution in [1.29, 1.82) is 0 Å². The smallest absolute Gasteiger partial charge is 0.321 e. The van der Waals surface area contributed by atoms with Crippen molar-refractivity contribution in [3.05, 3.63) is 174 Å². The van der Waals surface area contributed by atoms with Gasteiger partial charge in [-0.05, 0) is 43.8 Å². The molecule has 4 nitrogen and oxygen atoms in total. The summed E-state index contributed by atoms with van der Waals surface area (Å²) in [5, 5.41) is 4.16. The van der Waals surface area contributed by atoms with E-state index in [1.165, 1.54) is 0 Å². The Hall–Kier alpha value is -5.48. The molecular formula is C40H32O4. The second kappa shape index (κ2) is 13.7. The van der Waals surface area contributed by atoms with Gasteiger partial charge in [0.05, 0.1) is 0 Å². The molecule has 0 aliphatic heterocycles. The molecule has 216 valence electrons. The molecule has 0 fully saturated rings. The summed E-state index contributed by atoms with van der Waals surface area (Å²) in [6.07, 6.45) is 3.94. The maximum Gasteiger partial charge on any atom is 0.321 e. The Bertz CT molecular complexity index is 1840. The molecule has 4 heteroatoms. The minimum Gasteiger partial charge on any atom is -0.460 e. The van der Waals surface area contributed by atoms with Crippen LogP contribution in [0.25, 0.3) is 27.6 Å². The monoisotopic (exact) mass is 576 g/mol. The van der Waals surface area contributed by atoms with E-state index in [1.54, 1.807) is 0 Å². The fourth-order valence-corrected chi connectivity index (χ4v) is 5.57. The molecule has 6 rings (SSSR count). The molecule has 0 unspecified atom stereocenters. The van der Waals surface area contributed by atoms with Crippen molar-refractivity contribution >= 4 is 39.6 Å². The largest absolute Gasteiger partial charge is 0.460 e. The maximum atomic E-state index is 14.0. The number of fused-ring (bicyclic) bond motifs is 2. The first-order chi connectivity index (χ1) is 21.7. The van der Waals surface area contributed by atoms with Gasteiger partial charge in [-0.15, -0.1) is 0 Å². The number of carbonyl (C=O) groups is 2. The fraction of sp³-hybridized carbons (Fsp3) is 0.100. The second-order valence-electron chi connectivity index (χ2n) is 10.7. The van der Waals surface area contributed by atoms with E-state index in [9.17, 15) is 9.59 Å². The molecule has 0 heterocycles. The fourth-order valence-electron chi connectivity index (χ4n) is 5.57. The predicted octanol–water partition coefficient (Wildman–Crippen LogP) is 8.89. The highest BCUT2D eigenvalue weighted by atomic mass is 16.6. The second-order valence-corrected chi connectivity index (χ2v) is 10.7. The van der Waals surface area contributed by atoms with Crippen LogP contribution in [0.5, 0.6) is 0 Å². The molecule has 0 aliphatic carbocycles. The van der Waals surface area contributed by atoms with Gasteiger partial charge in [0, 0.05) is 5.92 Å². The normalized spacial score (nSPS) is 12.0. The van der Waals surface area contributed by atoms with E-state index in [0.29, 0.717) is 0 Å². The van der Waals surface area contributed by atoms with Gasteiger partial charge in [0.1, 0.15) is 13.2 Å². The van der Waals surface area contributed by atoms with Crippen LogP contribution in [0.3, 0.4) is 0 Å². The molecule has 6 aromatic rings. The van der Waals surface area contributed by atoms with Crippen molar-refractivity contribution in [2.45, 2.75) is 19.1 Å². The molecule has 0 radical (unpaired) electrons. The molecule has 1 atom stereocenters. The van der Waals surface area contributed by atoms with Gasteiger partial charge in [0.2, 0.25) is 0 Å². The molecular weight excluding hydrogens is 544 g/mol. The summed E-state index contributed by atoms with van der Waals surface area (Å²) in [6.45, 7) is 0.106. The summed E-state index contributed by atoms with van der Waals surface area (Å²) in [5.74, 6) is -3.16. The Morgan fingerprint density at radius 2 is 1.00 bits per heavy atom. The zero-order valence-corrected chi connectivity index (χ0v) is 24.2. The lowest BCUT2D eigenvalue weighted by molar-refractivity contribution is -0.164. The molecule has 6 aromatic carbocycles. The first-order valence-electron chi connectivity index (χ1n) is 14.7. The van der Waals surface area contributed by atoms with E-state index in [0.717, 1.165) is 43.8 Å². The van der Waals surface area contributed by atoms with Crippen molar-refractivity contribution in [3.8, 4) is 0 Å². The van der Waals surface area contributed by atoms with E-state index in [1.807, 2.05) is 140 Å². The number of carbonyl (C=O) groups excluding carboxylic acids is 2. The number of benzene rings is 6. The van der Waals surface area contributed by atoms with E-state index < -0.39 is 23.8 Å².